The lowest BCUT2D eigenvalue weighted by molar-refractivity contribution is -0.138. The highest BCUT2D eigenvalue weighted by Crippen LogP contribution is 2.21. The molecule has 2 aromatic heterocycles. The second-order valence-electron chi connectivity index (χ2n) is 7.64. The number of likely N-dealkylation sites (tertiary alicyclic amines) is 1. The summed E-state index contributed by atoms with van der Waals surface area (Å²) in [4.78, 5) is 30.6. The van der Waals surface area contributed by atoms with E-state index in [1.54, 1.807) is 24.0 Å². The number of carbonyl (C=O) groups is 2. The first-order valence-corrected chi connectivity index (χ1v) is 10.2. The van der Waals surface area contributed by atoms with Crippen molar-refractivity contribution in [2.24, 2.45) is 0 Å². The van der Waals surface area contributed by atoms with Crippen molar-refractivity contribution in [1.82, 2.24) is 20.4 Å². The van der Waals surface area contributed by atoms with Gasteiger partial charge in [0.05, 0.1) is 12.1 Å². The van der Waals surface area contributed by atoms with Crippen LogP contribution in [0.2, 0.25) is 0 Å². The molecule has 8 heteroatoms. The van der Waals surface area contributed by atoms with Gasteiger partial charge in [0.2, 0.25) is 17.8 Å². The van der Waals surface area contributed by atoms with E-state index in [9.17, 15) is 14.0 Å². The number of hydrogen-bond donors (Lipinski definition) is 1. The molecule has 0 radical (unpaired) electrons. The van der Waals surface area contributed by atoms with Crippen LogP contribution in [0, 0.1) is 12.9 Å². The Morgan fingerprint density at radius 3 is 2.65 bits per heavy atom. The number of hydrogen-bond acceptors (Lipinski definition) is 5. The van der Waals surface area contributed by atoms with E-state index in [0.29, 0.717) is 25.3 Å². The molecule has 1 aliphatic rings. The van der Waals surface area contributed by atoms with Gasteiger partial charge in [0.1, 0.15) is 11.8 Å². The predicted octanol–water partition coefficient (Wildman–Crippen LogP) is 3.03. The topological polar surface area (TPSA) is 88.3 Å². The Bertz CT molecular complexity index is 1060. The van der Waals surface area contributed by atoms with Crippen molar-refractivity contribution in [2.45, 2.75) is 38.8 Å². The second kappa shape index (κ2) is 9.07. The lowest BCUT2D eigenvalue weighted by Gasteiger charge is -2.23. The number of amides is 2. The molecular weight excluding hydrogens is 399 g/mol. The Hall–Kier alpha value is -3.55. The predicted molar refractivity (Wildman–Crippen MR) is 111 cm³/mol. The maximum Gasteiger partial charge on any atom is 0.243 e. The summed E-state index contributed by atoms with van der Waals surface area (Å²) in [6, 6.07) is 11.9. The number of carbonyl (C=O) groups excluding carboxylic acids is 2. The van der Waals surface area contributed by atoms with Crippen LogP contribution in [0.4, 0.5) is 4.39 Å². The van der Waals surface area contributed by atoms with Crippen LogP contribution in [0.25, 0.3) is 11.1 Å². The van der Waals surface area contributed by atoms with Crippen LogP contribution in [-0.2, 0) is 22.6 Å². The number of pyridine rings is 1. The molecule has 2 amide bonds. The molecule has 31 heavy (non-hydrogen) atoms. The summed E-state index contributed by atoms with van der Waals surface area (Å²) in [5.41, 5.74) is 3.39. The van der Waals surface area contributed by atoms with Crippen LogP contribution in [0.3, 0.4) is 0 Å². The van der Waals surface area contributed by atoms with Crippen molar-refractivity contribution in [1.29, 1.82) is 0 Å². The van der Waals surface area contributed by atoms with E-state index in [-0.39, 0.29) is 18.2 Å². The van der Waals surface area contributed by atoms with Gasteiger partial charge in [0, 0.05) is 30.9 Å². The molecule has 0 aliphatic carbocycles. The minimum Gasteiger partial charge on any atom is -0.361 e. The van der Waals surface area contributed by atoms with Crippen LogP contribution in [-0.4, -0.2) is 39.4 Å². The molecule has 1 aliphatic heterocycles. The SMILES string of the molecule is Cc1cc(CC(=O)N2CCCC2C(=O)NCc2ccc(-c3ccc(F)nc3)cc2)on1. The quantitative estimate of drug-likeness (QED) is 0.617. The number of aromatic nitrogens is 2. The third kappa shape index (κ3) is 4.96. The second-order valence-corrected chi connectivity index (χ2v) is 7.64. The largest absolute Gasteiger partial charge is 0.361 e. The van der Waals surface area contributed by atoms with Crippen molar-refractivity contribution in [2.75, 3.05) is 6.54 Å². The van der Waals surface area contributed by atoms with Crippen molar-refractivity contribution >= 4 is 11.8 Å². The molecule has 0 saturated carbocycles. The van der Waals surface area contributed by atoms with Crippen molar-refractivity contribution < 1.29 is 18.5 Å². The van der Waals surface area contributed by atoms with Crippen LogP contribution >= 0.6 is 0 Å². The van der Waals surface area contributed by atoms with E-state index in [4.69, 9.17) is 4.52 Å². The standard InChI is InChI=1S/C23H23FN4O3/c1-15-11-19(31-27-15)12-22(29)28-10-2-3-20(28)23(30)26-13-16-4-6-17(7-5-16)18-8-9-21(24)25-14-18/h4-9,11,14,20H,2-3,10,12-13H2,1H3,(H,26,30). The van der Waals surface area contributed by atoms with E-state index in [0.717, 1.165) is 28.8 Å². The van der Waals surface area contributed by atoms with E-state index in [2.05, 4.69) is 15.5 Å². The Morgan fingerprint density at radius 1 is 1.19 bits per heavy atom. The number of aryl methyl sites for hydroxylation is 1. The molecule has 1 atom stereocenters. The Balaban J connectivity index is 1.33. The molecule has 4 rings (SSSR count). The summed E-state index contributed by atoms with van der Waals surface area (Å²) in [7, 11) is 0. The lowest BCUT2D eigenvalue weighted by atomic mass is 10.1. The third-order valence-electron chi connectivity index (χ3n) is 5.36. The smallest absolute Gasteiger partial charge is 0.243 e. The summed E-state index contributed by atoms with van der Waals surface area (Å²) in [5.74, 6) is -0.305. The molecule has 7 nitrogen and oxygen atoms in total. The Morgan fingerprint density at radius 2 is 1.97 bits per heavy atom. The highest BCUT2D eigenvalue weighted by atomic mass is 19.1. The van der Waals surface area contributed by atoms with Crippen molar-refractivity contribution in [3.63, 3.8) is 0 Å². The van der Waals surface area contributed by atoms with Gasteiger partial charge in [-0.25, -0.2) is 4.98 Å². The van der Waals surface area contributed by atoms with Gasteiger partial charge in [-0.2, -0.15) is 4.39 Å². The number of benzene rings is 1. The highest BCUT2D eigenvalue weighted by Gasteiger charge is 2.34. The summed E-state index contributed by atoms with van der Waals surface area (Å²) in [6.07, 6.45) is 3.02. The van der Waals surface area contributed by atoms with Crippen LogP contribution < -0.4 is 5.32 Å². The third-order valence-corrected chi connectivity index (χ3v) is 5.36. The average Bonchev–Trinajstić information content (AvgIpc) is 3.42. The molecule has 3 heterocycles. The van der Waals surface area contributed by atoms with Gasteiger partial charge in [-0.1, -0.05) is 29.4 Å². The number of nitrogens with one attached hydrogen (secondary N) is 1. The fourth-order valence-electron chi connectivity index (χ4n) is 3.76. The maximum absolute atomic E-state index is 13.0. The van der Waals surface area contributed by atoms with E-state index < -0.39 is 12.0 Å². The Kier molecular flexibility index (Phi) is 6.06. The van der Waals surface area contributed by atoms with Crippen LogP contribution in [0.1, 0.15) is 29.9 Å². The minimum absolute atomic E-state index is 0.102. The number of nitrogens with zero attached hydrogens (tertiary/aromatic N) is 3. The van der Waals surface area contributed by atoms with E-state index in [1.807, 2.05) is 24.3 Å². The van der Waals surface area contributed by atoms with Gasteiger partial charge < -0.3 is 14.7 Å². The summed E-state index contributed by atoms with van der Waals surface area (Å²) >= 11 is 0. The van der Waals surface area contributed by atoms with E-state index >= 15 is 0 Å². The maximum atomic E-state index is 13.0. The zero-order chi connectivity index (χ0) is 21.8. The lowest BCUT2D eigenvalue weighted by Crippen LogP contribution is -2.46. The van der Waals surface area contributed by atoms with Crippen molar-refractivity contribution in [3.8, 4) is 11.1 Å². The van der Waals surface area contributed by atoms with Gasteiger partial charge in [0.25, 0.3) is 0 Å². The average molecular weight is 422 g/mol. The molecule has 1 saturated heterocycles. The first-order valence-electron chi connectivity index (χ1n) is 10.2. The van der Waals surface area contributed by atoms with Crippen LogP contribution in [0.5, 0.6) is 0 Å². The molecule has 3 aromatic rings. The van der Waals surface area contributed by atoms with Gasteiger partial charge in [-0.3, -0.25) is 9.59 Å². The monoisotopic (exact) mass is 422 g/mol. The molecule has 0 spiro atoms. The van der Waals surface area contributed by atoms with Gasteiger partial charge in [0.15, 0.2) is 0 Å². The first kappa shape index (κ1) is 20.7. The normalized spacial score (nSPS) is 15.8. The first-order chi connectivity index (χ1) is 15.0. The summed E-state index contributed by atoms with van der Waals surface area (Å²) in [6.45, 7) is 2.72. The van der Waals surface area contributed by atoms with E-state index in [1.165, 1.54) is 12.3 Å². The number of rotatable bonds is 6. The van der Waals surface area contributed by atoms with Gasteiger partial charge in [-0.15, -0.1) is 0 Å². The minimum atomic E-state index is -0.515. The van der Waals surface area contributed by atoms with Gasteiger partial charge >= 0.3 is 0 Å². The molecule has 1 aromatic carbocycles. The highest BCUT2D eigenvalue weighted by molar-refractivity contribution is 5.88. The molecule has 1 N–H and O–H groups in total. The fraction of sp³-hybridized carbons (Fsp3) is 0.304. The zero-order valence-electron chi connectivity index (χ0n) is 17.2. The summed E-state index contributed by atoms with van der Waals surface area (Å²) in [5, 5.41) is 6.73. The molecule has 1 unspecified atom stereocenters. The number of halogens is 1. The molecule has 1 fully saturated rings. The van der Waals surface area contributed by atoms with Crippen LogP contribution in [0.15, 0.2) is 53.2 Å². The van der Waals surface area contributed by atoms with Crippen molar-refractivity contribution in [3.05, 3.63) is 71.6 Å². The molecule has 0 bridgehead atoms. The fourth-order valence-corrected chi connectivity index (χ4v) is 3.76. The molecular formula is C23H23FN4O3. The molecule has 160 valence electrons. The zero-order valence-corrected chi connectivity index (χ0v) is 17.2. The van der Waals surface area contributed by atoms with Gasteiger partial charge in [-0.05, 0) is 43.0 Å². The Labute approximate surface area is 179 Å². The summed E-state index contributed by atoms with van der Waals surface area (Å²) < 4.78 is 18.1.